The summed E-state index contributed by atoms with van der Waals surface area (Å²) in [5.41, 5.74) is 1.13. The fourth-order valence-electron chi connectivity index (χ4n) is 2.15. The normalized spacial score (nSPS) is 24.0. The van der Waals surface area contributed by atoms with Crippen LogP contribution in [0.25, 0.3) is 0 Å². The van der Waals surface area contributed by atoms with Crippen molar-refractivity contribution in [3.63, 3.8) is 0 Å². The van der Waals surface area contributed by atoms with Gasteiger partial charge in [-0.1, -0.05) is 42.1 Å². The van der Waals surface area contributed by atoms with Crippen molar-refractivity contribution in [2.45, 2.75) is 38.4 Å². The van der Waals surface area contributed by atoms with Gasteiger partial charge in [0.15, 0.2) is 11.9 Å². The number of hydrogen-bond donors (Lipinski definition) is 0. The molecule has 1 heterocycles. The zero-order valence-corrected chi connectivity index (χ0v) is 14.7. The number of thiocarbonyl (C=S) groups is 1. The number of hydrogen-bond acceptors (Lipinski definition) is 6. The van der Waals surface area contributed by atoms with Crippen molar-refractivity contribution < 1.29 is 18.9 Å². The molecule has 0 aromatic heterocycles. The lowest BCUT2D eigenvalue weighted by Crippen LogP contribution is -2.51. The Morgan fingerprint density at radius 2 is 2.09 bits per heavy atom. The van der Waals surface area contributed by atoms with E-state index >= 15 is 0 Å². The minimum Gasteiger partial charge on any atom is -0.470 e. The lowest BCUT2D eigenvalue weighted by Gasteiger charge is -2.40. The first-order valence-electron chi connectivity index (χ1n) is 7.18. The third-order valence-corrected chi connectivity index (χ3v) is 4.28. The first kappa shape index (κ1) is 17.7. The number of benzene rings is 1. The van der Waals surface area contributed by atoms with Gasteiger partial charge in [0.2, 0.25) is 4.38 Å². The second-order valence-electron chi connectivity index (χ2n) is 5.48. The molecular formula is C16H22O4S2. The average molecular weight is 342 g/mol. The molecule has 2 rings (SSSR count). The van der Waals surface area contributed by atoms with E-state index in [1.807, 2.05) is 50.4 Å². The van der Waals surface area contributed by atoms with Gasteiger partial charge < -0.3 is 18.9 Å². The quantitative estimate of drug-likeness (QED) is 0.764. The Morgan fingerprint density at radius 3 is 2.77 bits per heavy atom. The van der Waals surface area contributed by atoms with Gasteiger partial charge >= 0.3 is 0 Å². The van der Waals surface area contributed by atoms with Crippen LogP contribution in [0.1, 0.15) is 19.4 Å². The highest BCUT2D eigenvalue weighted by atomic mass is 32.2. The average Bonchev–Trinajstić information content (AvgIpc) is 2.50. The number of ether oxygens (including phenoxy) is 4. The predicted molar refractivity (Wildman–Crippen MR) is 92.0 cm³/mol. The molecule has 0 unspecified atom stereocenters. The second-order valence-corrected chi connectivity index (χ2v) is 6.89. The maximum atomic E-state index is 5.93. The maximum Gasteiger partial charge on any atom is 0.220 e. The zero-order valence-electron chi connectivity index (χ0n) is 13.1. The van der Waals surface area contributed by atoms with Gasteiger partial charge in [0.1, 0.15) is 6.10 Å². The number of thioether (sulfide) groups is 1. The summed E-state index contributed by atoms with van der Waals surface area (Å²) < 4.78 is 23.6. The Labute approximate surface area is 141 Å². The fourth-order valence-corrected chi connectivity index (χ4v) is 2.50. The van der Waals surface area contributed by atoms with E-state index in [1.165, 1.54) is 11.8 Å². The van der Waals surface area contributed by atoms with Gasteiger partial charge in [0, 0.05) is 0 Å². The molecule has 1 aliphatic rings. The molecule has 1 aromatic carbocycles. The molecule has 0 N–H and O–H groups in total. The molecule has 0 amide bonds. The summed E-state index contributed by atoms with van der Waals surface area (Å²) in [6, 6.07) is 10.0. The zero-order chi connectivity index (χ0) is 16.0. The van der Waals surface area contributed by atoms with E-state index in [2.05, 4.69) is 0 Å². The van der Waals surface area contributed by atoms with Crippen LogP contribution in [0, 0.1) is 0 Å². The maximum absolute atomic E-state index is 5.93. The molecule has 1 saturated heterocycles. The van der Waals surface area contributed by atoms with Gasteiger partial charge in [-0.05, 0) is 37.9 Å². The van der Waals surface area contributed by atoms with Gasteiger partial charge in [-0.25, -0.2) is 0 Å². The van der Waals surface area contributed by atoms with Gasteiger partial charge in [0.25, 0.3) is 0 Å². The molecule has 1 aromatic rings. The van der Waals surface area contributed by atoms with Crippen LogP contribution in [-0.2, 0) is 25.6 Å². The first-order chi connectivity index (χ1) is 10.5. The van der Waals surface area contributed by atoms with Crippen LogP contribution in [0.4, 0.5) is 0 Å². The van der Waals surface area contributed by atoms with Crippen LogP contribution in [0.2, 0.25) is 0 Å². The fraction of sp³-hybridized carbons (Fsp3) is 0.562. The molecule has 0 aliphatic carbocycles. The van der Waals surface area contributed by atoms with E-state index in [0.29, 0.717) is 24.2 Å². The molecule has 4 nitrogen and oxygen atoms in total. The molecule has 2 atom stereocenters. The molecule has 0 radical (unpaired) electrons. The molecular weight excluding hydrogens is 320 g/mol. The Morgan fingerprint density at radius 1 is 1.36 bits per heavy atom. The smallest absolute Gasteiger partial charge is 0.220 e. The van der Waals surface area contributed by atoms with Gasteiger partial charge in [0.05, 0.1) is 19.8 Å². The lowest BCUT2D eigenvalue weighted by atomic mass is 10.1. The third kappa shape index (κ3) is 5.52. The summed E-state index contributed by atoms with van der Waals surface area (Å²) >= 11 is 6.52. The van der Waals surface area contributed by atoms with E-state index in [4.69, 9.17) is 31.2 Å². The molecule has 1 aliphatic heterocycles. The third-order valence-electron chi connectivity index (χ3n) is 3.25. The molecule has 22 heavy (non-hydrogen) atoms. The van der Waals surface area contributed by atoms with Crippen LogP contribution in [-0.4, -0.2) is 41.8 Å². The summed E-state index contributed by atoms with van der Waals surface area (Å²) in [5.74, 6) is -0.637. The van der Waals surface area contributed by atoms with Crippen molar-refractivity contribution in [3.8, 4) is 0 Å². The Bertz CT molecular complexity index is 478. The SMILES string of the molecule is CSC(=S)O[C@H]1COC(C)(C)O[C@H]1COCc1ccccc1. The topological polar surface area (TPSA) is 36.9 Å². The predicted octanol–water partition coefficient (Wildman–Crippen LogP) is 3.39. The van der Waals surface area contributed by atoms with E-state index in [1.54, 1.807) is 0 Å². The van der Waals surface area contributed by atoms with Crippen molar-refractivity contribution in [2.75, 3.05) is 19.5 Å². The first-order valence-corrected chi connectivity index (χ1v) is 8.81. The Balaban J connectivity index is 1.89. The van der Waals surface area contributed by atoms with E-state index < -0.39 is 5.79 Å². The van der Waals surface area contributed by atoms with E-state index in [-0.39, 0.29) is 12.2 Å². The minimum absolute atomic E-state index is 0.211. The Hall–Kier alpha value is -0.660. The largest absolute Gasteiger partial charge is 0.470 e. The van der Waals surface area contributed by atoms with E-state index in [0.717, 1.165) is 5.56 Å². The Kier molecular flexibility index (Phi) is 6.65. The monoisotopic (exact) mass is 342 g/mol. The number of rotatable bonds is 5. The van der Waals surface area contributed by atoms with Crippen molar-refractivity contribution in [1.29, 1.82) is 0 Å². The van der Waals surface area contributed by atoms with Crippen LogP contribution >= 0.6 is 24.0 Å². The molecule has 0 bridgehead atoms. The highest BCUT2D eigenvalue weighted by Gasteiger charge is 2.38. The van der Waals surface area contributed by atoms with Gasteiger partial charge in [-0.2, -0.15) is 0 Å². The summed E-state index contributed by atoms with van der Waals surface area (Å²) in [5, 5.41) is 0. The highest BCUT2D eigenvalue weighted by molar-refractivity contribution is 8.22. The van der Waals surface area contributed by atoms with Crippen LogP contribution < -0.4 is 0 Å². The van der Waals surface area contributed by atoms with Crippen molar-refractivity contribution >= 4 is 28.4 Å². The van der Waals surface area contributed by atoms with E-state index in [9.17, 15) is 0 Å². The van der Waals surface area contributed by atoms with Crippen molar-refractivity contribution in [1.82, 2.24) is 0 Å². The summed E-state index contributed by atoms with van der Waals surface area (Å²) in [6.07, 6.45) is 1.43. The molecule has 6 heteroatoms. The highest BCUT2D eigenvalue weighted by Crippen LogP contribution is 2.25. The summed E-state index contributed by atoms with van der Waals surface area (Å²) in [6.45, 7) is 5.19. The van der Waals surface area contributed by atoms with Gasteiger partial charge in [-0.3, -0.25) is 0 Å². The van der Waals surface area contributed by atoms with Crippen LogP contribution in [0.3, 0.4) is 0 Å². The second kappa shape index (κ2) is 8.26. The molecule has 122 valence electrons. The van der Waals surface area contributed by atoms with Gasteiger partial charge in [-0.15, -0.1) is 0 Å². The molecule has 1 fully saturated rings. The molecule has 0 saturated carbocycles. The standard InChI is InChI=1S/C16H22O4S2/c1-16(2)18-11-13(19-15(21)22-3)14(20-16)10-17-9-12-7-5-4-6-8-12/h4-8,13-14H,9-11H2,1-3H3/t13-,14-/m0/s1. The summed E-state index contributed by atoms with van der Waals surface area (Å²) in [7, 11) is 0. The van der Waals surface area contributed by atoms with Crippen LogP contribution in [0.15, 0.2) is 30.3 Å². The van der Waals surface area contributed by atoms with Crippen molar-refractivity contribution in [2.24, 2.45) is 0 Å². The molecule has 0 spiro atoms. The van der Waals surface area contributed by atoms with Crippen molar-refractivity contribution in [3.05, 3.63) is 35.9 Å². The lowest BCUT2D eigenvalue weighted by molar-refractivity contribution is -0.307. The van der Waals surface area contributed by atoms with Crippen LogP contribution in [0.5, 0.6) is 0 Å². The summed E-state index contributed by atoms with van der Waals surface area (Å²) in [4.78, 5) is 0. The minimum atomic E-state index is -0.637.